The summed E-state index contributed by atoms with van der Waals surface area (Å²) in [6, 6.07) is 6.18. The summed E-state index contributed by atoms with van der Waals surface area (Å²) in [5, 5.41) is 4.09. The zero-order valence-corrected chi connectivity index (χ0v) is 11.0. The lowest BCUT2D eigenvalue weighted by Crippen LogP contribution is -1.97. The van der Waals surface area contributed by atoms with Gasteiger partial charge >= 0.3 is 0 Å². The van der Waals surface area contributed by atoms with Gasteiger partial charge in [-0.2, -0.15) is 10.1 Å². The largest absolute Gasteiger partial charge is 0.495 e. The maximum atomic E-state index is 13.6. The van der Waals surface area contributed by atoms with E-state index in [1.807, 2.05) is 6.92 Å². The van der Waals surface area contributed by atoms with Gasteiger partial charge in [-0.1, -0.05) is 12.1 Å². The Morgan fingerprint density at radius 1 is 1.20 bits per heavy atom. The fourth-order valence-corrected chi connectivity index (χ4v) is 2.02. The number of fused-ring (bicyclic) bond motifs is 1. The van der Waals surface area contributed by atoms with Crippen molar-refractivity contribution in [2.24, 2.45) is 0 Å². The van der Waals surface area contributed by atoms with Crippen LogP contribution in [-0.4, -0.2) is 21.7 Å². The maximum Gasteiger partial charge on any atom is 0.247 e. The zero-order chi connectivity index (χ0) is 14.1. The highest BCUT2D eigenvalue weighted by Gasteiger charge is 2.15. The molecule has 0 bridgehead atoms. The first-order valence-corrected chi connectivity index (χ1v) is 6.00. The van der Waals surface area contributed by atoms with Gasteiger partial charge < -0.3 is 9.47 Å². The quantitative estimate of drug-likeness (QED) is 0.736. The highest BCUT2D eigenvalue weighted by Crippen LogP contribution is 2.32. The monoisotopic (exact) mass is 273 g/mol. The summed E-state index contributed by atoms with van der Waals surface area (Å²) < 4.78 is 26.0. The summed E-state index contributed by atoms with van der Waals surface area (Å²) in [7, 11) is 1.58. The first kappa shape index (κ1) is 12.4. The second-order valence-corrected chi connectivity index (χ2v) is 4.21. The first-order valence-electron chi connectivity index (χ1n) is 6.00. The van der Waals surface area contributed by atoms with Crippen LogP contribution in [0.3, 0.4) is 0 Å². The normalized spacial score (nSPS) is 10.8. The number of aryl methyl sites for hydroxylation is 1. The van der Waals surface area contributed by atoms with Gasteiger partial charge in [0.15, 0.2) is 11.6 Å². The summed E-state index contributed by atoms with van der Waals surface area (Å²) in [6.07, 6.45) is 3.07. The van der Waals surface area contributed by atoms with Crippen molar-refractivity contribution < 1.29 is 13.9 Å². The van der Waals surface area contributed by atoms with Crippen molar-refractivity contribution in [3.63, 3.8) is 0 Å². The maximum absolute atomic E-state index is 13.6. The van der Waals surface area contributed by atoms with Gasteiger partial charge in [-0.15, -0.1) is 0 Å². The number of nitrogens with zero attached hydrogens (tertiary/aromatic N) is 3. The summed E-state index contributed by atoms with van der Waals surface area (Å²) in [5.41, 5.74) is 1.48. The van der Waals surface area contributed by atoms with Crippen LogP contribution in [-0.2, 0) is 0 Å². The molecule has 1 aromatic carbocycles. The van der Waals surface area contributed by atoms with E-state index in [-0.39, 0.29) is 11.6 Å². The Kier molecular flexibility index (Phi) is 2.98. The third-order valence-electron chi connectivity index (χ3n) is 3.01. The van der Waals surface area contributed by atoms with E-state index in [4.69, 9.17) is 9.47 Å². The lowest BCUT2D eigenvalue weighted by Gasteiger charge is -2.07. The molecule has 0 amide bonds. The number of aromatic nitrogens is 3. The number of rotatable bonds is 3. The molecule has 0 aliphatic carbocycles. The minimum Gasteiger partial charge on any atom is -0.495 e. The van der Waals surface area contributed by atoms with Gasteiger partial charge in [-0.25, -0.2) is 8.91 Å². The van der Waals surface area contributed by atoms with Crippen LogP contribution in [0.1, 0.15) is 5.56 Å². The van der Waals surface area contributed by atoms with Gasteiger partial charge in [0.05, 0.1) is 13.3 Å². The van der Waals surface area contributed by atoms with Crippen LogP contribution < -0.4 is 9.47 Å². The van der Waals surface area contributed by atoms with E-state index >= 15 is 0 Å². The Balaban J connectivity index is 2.12. The molecular weight excluding hydrogens is 261 g/mol. The van der Waals surface area contributed by atoms with E-state index in [2.05, 4.69) is 10.1 Å². The molecule has 0 radical (unpaired) electrons. The molecule has 5 nitrogen and oxygen atoms in total. The molecule has 2 aromatic heterocycles. The van der Waals surface area contributed by atoms with Crippen LogP contribution in [0.5, 0.6) is 17.4 Å². The van der Waals surface area contributed by atoms with Gasteiger partial charge in [0.25, 0.3) is 0 Å². The molecule has 0 atom stereocenters. The molecule has 0 aliphatic rings. The molecule has 6 heteroatoms. The molecule has 0 unspecified atom stereocenters. The third-order valence-corrected chi connectivity index (χ3v) is 3.01. The van der Waals surface area contributed by atoms with E-state index in [9.17, 15) is 4.39 Å². The molecule has 0 N–H and O–H groups in total. The third kappa shape index (κ3) is 1.95. The van der Waals surface area contributed by atoms with Crippen LogP contribution in [0.2, 0.25) is 0 Å². The van der Waals surface area contributed by atoms with E-state index in [0.717, 1.165) is 5.56 Å². The highest BCUT2D eigenvalue weighted by molar-refractivity contribution is 5.67. The molecule has 3 rings (SSSR count). The van der Waals surface area contributed by atoms with Crippen molar-refractivity contribution in [3.8, 4) is 17.4 Å². The molecule has 3 aromatic rings. The predicted molar refractivity (Wildman–Crippen MR) is 70.8 cm³/mol. The Bertz CT molecular complexity index is 770. The van der Waals surface area contributed by atoms with E-state index < -0.39 is 5.82 Å². The SMILES string of the molecule is COc1cn2ncnc(Oc3ccccc3F)c2c1C. The minimum absolute atomic E-state index is 0.118. The van der Waals surface area contributed by atoms with E-state index in [0.29, 0.717) is 11.3 Å². The minimum atomic E-state index is -0.444. The van der Waals surface area contributed by atoms with Crippen LogP contribution in [0, 0.1) is 12.7 Å². The van der Waals surface area contributed by atoms with Gasteiger partial charge in [-0.05, 0) is 19.1 Å². The Morgan fingerprint density at radius 2 is 2.00 bits per heavy atom. The molecular formula is C14H12FN3O2. The van der Waals surface area contributed by atoms with Crippen LogP contribution in [0.15, 0.2) is 36.8 Å². The lowest BCUT2D eigenvalue weighted by molar-refractivity contribution is 0.412. The second kappa shape index (κ2) is 4.80. The van der Waals surface area contributed by atoms with Crippen LogP contribution in [0.25, 0.3) is 5.52 Å². The summed E-state index contributed by atoms with van der Waals surface area (Å²) in [5.74, 6) is 0.628. The molecule has 0 spiro atoms. The number of ether oxygens (including phenoxy) is 2. The fourth-order valence-electron chi connectivity index (χ4n) is 2.02. The number of benzene rings is 1. The Morgan fingerprint density at radius 3 is 2.75 bits per heavy atom. The number of halogens is 1. The molecule has 0 saturated heterocycles. The standard InChI is InChI=1S/C14H12FN3O2/c1-9-12(19-2)7-18-13(9)14(16-8-17-18)20-11-6-4-3-5-10(11)15/h3-8H,1-2H3. The topological polar surface area (TPSA) is 48.7 Å². The van der Waals surface area contributed by atoms with Crippen molar-refractivity contribution in [1.82, 2.24) is 14.6 Å². The van der Waals surface area contributed by atoms with Crippen molar-refractivity contribution in [2.75, 3.05) is 7.11 Å². The predicted octanol–water partition coefficient (Wildman–Crippen LogP) is 2.98. The molecule has 102 valence electrons. The number of methoxy groups -OCH3 is 1. The molecule has 0 saturated carbocycles. The molecule has 0 aliphatic heterocycles. The summed E-state index contributed by atoms with van der Waals surface area (Å²) >= 11 is 0. The van der Waals surface area contributed by atoms with Gasteiger partial charge in [0.1, 0.15) is 17.6 Å². The average molecular weight is 273 g/mol. The summed E-state index contributed by atoms with van der Waals surface area (Å²) in [6.45, 7) is 1.87. The summed E-state index contributed by atoms with van der Waals surface area (Å²) in [4.78, 5) is 4.08. The average Bonchev–Trinajstić information content (AvgIpc) is 2.79. The Labute approximate surface area is 114 Å². The van der Waals surface area contributed by atoms with E-state index in [1.54, 1.807) is 36.0 Å². The second-order valence-electron chi connectivity index (χ2n) is 4.21. The number of para-hydroxylation sites is 1. The highest BCUT2D eigenvalue weighted by atomic mass is 19.1. The van der Waals surface area contributed by atoms with Crippen molar-refractivity contribution >= 4 is 5.52 Å². The van der Waals surface area contributed by atoms with Crippen molar-refractivity contribution in [2.45, 2.75) is 6.92 Å². The van der Waals surface area contributed by atoms with E-state index in [1.165, 1.54) is 12.4 Å². The first-order chi connectivity index (χ1) is 9.70. The fraction of sp³-hybridized carbons (Fsp3) is 0.143. The smallest absolute Gasteiger partial charge is 0.247 e. The van der Waals surface area contributed by atoms with Gasteiger partial charge in [0, 0.05) is 5.56 Å². The molecule has 20 heavy (non-hydrogen) atoms. The van der Waals surface area contributed by atoms with Crippen molar-refractivity contribution in [3.05, 3.63) is 48.2 Å². The van der Waals surface area contributed by atoms with Crippen LogP contribution >= 0.6 is 0 Å². The lowest BCUT2D eigenvalue weighted by atomic mass is 10.3. The molecule has 0 fully saturated rings. The number of hydrogen-bond acceptors (Lipinski definition) is 4. The van der Waals surface area contributed by atoms with Gasteiger partial charge in [0.2, 0.25) is 5.88 Å². The van der Waals surface area contributed by atoms with Gasteiger partial charge in [-0.3, -0.25) is 0 Å². The Hall–Kier alpha value is -2.63. The number of hydrogen-bond donors (Lipinski definition) is 0. The molecule has 2 heterocycles. The zero-order valence-electron chi connectivity index (χ0n) is 11.0. The van der Waals surface area contributed by atoms with Crippen LogP contribution in [0.4, 0.5) is 4.39 Å². The van der Waals surface area contributed by atoms with Crippen molar-refractivity contribution in [1.29, 1.82) is 0 Å².